The highest BCUT2D eigenvalue weighted by molar-refractivity contribution is 5.15. The summed E-state index contributed by atoms with van der Waals surface area (Å²) in [4.78, 5) is 0. The second-order valence-electron chi connectivity index (χ2n) is 3.25. The SMILES string of the molecule is C1=C(C2COCCN2)CCC1. The molecule has 1 atom stereocenters. The molecule has 0 saturated carbocycles. The molecule has 1 unspecified atom stereocenters. The third-order valence-corrected chi connectivity index (χ3v) is 2.45. The largest absolute Gasteiger partial charge is 0.378 e. The summed E-state index contributed by atoms with van der Waals surface area (Å²) in [6.07, 6.45) is 6.26. The van der Waals surface area contributed by atoms with Gasteiger partial charge in [-0.3, -0.25) is 0 Å². The molecule has 2 heteroatoms. The van der Waals surface area contributed by atoms with E-state index in [-0.39, 0.29) is 0 Å². The van der Waals surface area contributed by atoms with Crippen molar-refractivity contribution in [3.63, 3.8) is 0 Å². The standard InChI is InChI=1S/C9H15NO/c1-2-4-8(3-1)9-7-11-6-5-10-9/h3,9-10H,1-2,4-7H2. The Labute approximate surface area is 67.6 Å². The third-order valence-electron chi connectivity index (χ3n) is 2.45. The van der Waals surface area contributed by atoms with Crippen molar-refractivity contribution in [3.8, 4) is 0 Å². The van der Waals surface area contributed by atoms with Crippen molar-refractivity contribution >= 4 is 0 Å². The maximum atomic E-state index is 5.39. The van der Waals surface area contributed by atoms with E-state index in [4.69, 9.17) is 4.74 Å². The average Bonchev–Trinajstić information content (AvgIpc) is 2.58. The van der Waals surface area contributed by atoms with Crippen LogP contribution in [0.25, 0.3) is 0 Å². The van der Waals surface area contributed by atoms with Crippen molar-refractivity contribution in [2.75, 3.05) is 19.8 Å². The molecule has 2 aliphatic rings. The fourth-order valence-corrected chi connectivity index (χ4v) is 1.82. The minimum Gasteiger partial charge on any atom is -0.378 e. The maximum absolute atomic E-state index is 5.39. The van der Waals surface area contributed by atoms with Gasteiger partial charge in [0.05, 0.1) is 19.3 Å². The summed E-state index contributed by atoms with van der Waals surface area (Å²) in [6, 6.07) is 0.534. The molecule has 62 valence electrons. The van der Waals surface area contributed by atoms with Gasteiger partial charge in [0, 0.05) is 6.54 Å². The summed E-state index contributed by atoms with van der Waals surface area (Å²) >= 11 is 0. The highest BCUT2D eigenvalue weighted by Crippen LogP contribution is 2.21. The van der Waals surface area contributed by atoms with Crippen molar-refractivity contribution in [2.24, 2.45) is 0 Å². The van der Waals surface area contributed by atoms with Crippen molar-refractivity contribution in [2.45, 2.75) is 25.3 Å². The Hall–Kier alpha value is -0.340. The van der Waals surface area contributed by atoms with Crippen molar-refractivity contribution in [1.29, 1.82) is 0 Å². The smallest absolute Gasteiger partial charge is 0.0658 e. The number of hydrogen-bond donors (Lipinski definition) is 1. The Morgan fingerprint density at radius 2 is 2.55 bits per heavy atom. The first-order valence-corrected chi connectivity index (χ1v) is 4.47. The molecular weight excluding hydrogens is 138 g/mol. The number of nitrogens with one attached hydrogen (secondary N) is 1. The molecule has 1 saturated heterocycles. The quantitative estimate of drug-likeness (QED) is 0.569. The van der Waals surface area contributed by atoms with Gasteiger partial charge in [-0.2, -0.15) is 0 Å². The molecule has 0 amide bonds. The Balaban J connectivity index is 1.92. The summed E-state index contributed by atoms with van der Waals surface area (Å²) < 4.78 is 5.39. The van der Waals surface area contributed by atoms with Gasteiger partial charge in [-0.15, -0.1) is 0 Å². The van der Waals surface area contributed by atoms with E-state index in [0.29, 0.717) is 6.04 Å². The lowest BCUT2D eigenvalue weighted by Crippen LogP contribution is -2.42. The zero-order chi connectivity index (χ0) is 7.52. The minimum absolute atomic E-state index is 0.534. The lowest BCUT2D eigenvalue weighted by molar-refractivity contribution is 0.0864. The Bertz CT molecular complexity index is 159. The van der Waals surface area contributed by atoms with Gasteiger partial charge in [0.15, 0.2) is 0 Å². The van der Waals surface area contributed by atoms with Crippen LogP contribution >= 0.6 is 0 Å². The van der Waals surface area contributed by atoms with E-state index < -0.39 is 0 Å². The molecule has 2 rings (SSSR count). The number of hydrogen-bond acceptors (Lipinski definition) is 2. The molecule has 1 N–H and O–H groups in total. The van der Waals surface area contributed by atoms with Crippen molar-refractivity contribution < 1.29 is 4.74 Å². The Morgan fingerprint density at radius 3 is 3.18 bits per heavy atom. The number of morpholine rings is 1. The van der Waals surface area contributed by atoms with Crippen LogP contribution < -0.4 is 5.32 Å². The van der Waals surface area contributed by atoms with E-state index in [1.165, 1.54) is 19.3 Å². The lowest BCUT2D eigenvalue weighted by atomic mass is 10.1. The highest BCUT2D eigenvalue weighted by Gasteiger charge is 2.18. The van der Waals surface area contributed by atoms with E-state index in [1.807, 2.05) is 0 Å². The summed E-state index contributed by atoms with van der Waals surface area (Å²) in [7, 11) is 0. The van der Waals surface area contributed by atoms with Gasteiger partial charge in [0.2, 0.25) is 0 Å². The average molecular weight is 153 g/mol. The van der Waals surface area contributed by atoms with Crippen LogP contribution in [-0.2, 0) is 4.74 Å². The number of rotatable bonds is 1. The topological polar surface area (TPSA) is 21.3 Å². The molecule has 11 heavy (non-hydrogen) atoms. The molecule has 0 aromatic carbocycles. The first-order valence-electron chi connectivity index (χ1n) is 4.47. The third kappa shape index (κ3) is 1.63. The van der Waals surface area contributed by atoms with Crippen LogP contribution in [0.5, 0.6) is 0 Å². The van der Waals surface area contributed by atoms with E-state index in [2.05, 4.69) is 11.4 Å². The van der Waals surface area contributed by atoms with Crippen LogP contribution in [-0.4, -0.2) is 25.8 Å². The summed E-state index contributed by atoms with van der Waals surface area (Å²) in [5.41, 5.74) is 1.57. The Kier molecular flexibility index (Phi) is 2.24. The van der Waals surface area contributed by atoms with Gasteiger partial charge in [-0.05, 0) is 19.3 Å². The summed E-state index contributed by atoms with van der Waals surface area (Å²) in [6.45, 7) is 2.78. The molecule has 0 aromatic heterocycles. The van der Waals surface area contributed by atoms with Crippen LogP contribution in [0.15, 0.2) is 11.6 Å². The van der Waals surface area contributed by atoms with E-state index in [1.54, 1.807) is 5.57 Å². The minimum atomic E-state index is 0.534. The van der Waals surface area contributed by atoms with Crippen LogP contribution in [0.2, 0.25) is 0 Å². The second kappa shape index (κ2) is 3.37. The van der Waals surface area contributed by atoms with Gasteiger partial charge in [-0.25, -0.2) is 0 Å². The van der Waals surface area contributed by atoms with Gasteiger partial charge in [0.1, 0.15) is 0 Å². The lowest BCUT2D eigenvalue weighted by Gasteiger charge is -2.24. The summed E-state index contributed by atoms with van der Waals surface area (Å²) in [5, 5.41) is 3.47. The maximum Gasteiger partial charge on any atom is 0.0658 e. The van der Waals surface area contributed by atoms with Gasteiger partial charge < -0.3 is 10.1 Å². The predicted molar refractivity (Wildman–Crippen MR) is 44.5 cm³/mol. The Morgan fingerprint density at radius 1 is 1.55 bits per heavy atom. The van der Waals surface area contributed by atoms with Gasteiger partial charge in [-0.1, -0.05) is 11.6 Å². The van der Waals surface area contributed by atoms with E-state index in [0.717, 1.165) is 19.8 Å². The van der Waals surface area contributed by atoms with Crippen LogP contribution in [0.3, 0.4) is 0 Å². The van der Waals surface area contributed by atoms with Crippen LogP contribution in [0, 0.1) is 0 Å². The zero-order valence-corrected chi connectivity index (χ0v) is 6.81. The summed E-state index contributed by atoms with van der Waals surface area (Å²) in [5.74, 6) is 0. The number of allylic oxidation sites excluding steroid dienone is 1. The molecular formula is C9H15NO. The molecule has 0 aromatic rings. The van der Waals surface area contributed by atoms with E-state index >= 15 is 0 Å². The molecule has 1 heterocycles. The molecule has 1 aliphatic heterocycles. The first-order chi connectivity index (χ1) is 5.47. The zero-order valence-electron chi connectivity index (χ0n) is 6.81. The monoisotopic (exact) mass is 153 g/mol. The first kappa shape index (κ1) is 7.32. The van der Waals surface area contributed by atoms with Crippen LogP contribution in [0.1, 0.15) is 19.3 Å². The van der Waals surface area contributed by atoms with Crippen molar-refractivity contribution in [1.82, 2.24) is 5.32 Å². The van der Waals surface area contributed by atoms with Gasteiger partial charge >= 0.3 is 0 Å². The molecule has 0 spiro atoms. The van der Waals surface area contributed by atoms with E-state index in [9.17, 15) is 0 Å². The van der Waals surface area contributed by atoms with Crippen molar-refractivity contribution in [3.05, 3.63) is 11.6 Å². The molecule has 1 aliphatic carbocycles. The predicted octanol–water partition coefficient (Wildman–Crippen LogP) is 1.09. The molecule has 0 radical (unpaired) electrons. The van der Waals surface area contributed by atoms with Gasteiger partial charge in [0.25, 0.3) is 0 Å². The normalized spacial score (nSPS) is 32.0. The second-order valence-corrected chi connectivity index (χ2v) is 3.25. The molecule has 2 nitrogen and oxygen atoms in total. The number of ether oxygens (including phenoxy) is 1. The fraction of sp³-hybridized carbons (Fsp3) is 0.778. The van der Waals surface area contributed by atoms with Crippen LogP contribution in [0.4, 0.5) is 0 Å². The highest BCUT2D eigenvalue weighted by atomic mass is 16.5. The fourth-order valence-electron chi connectivity index (χ4n) is 1.82. The molecule has 0 bridgehead atoms. The molecule has 1 fully saturated rings.